The lowest BCUT2D eigenvalue weighted by atomic mass is 10.0. The zero-order valence-corrected chi connectivity index (χ0v) is 21.6. The summed E-state index contributed by atoms with van der Waals surface area (Å²) in [6, 6.07) is 14.8. The van der Waals surface area contributed by atoms with E-state index in [1.54, 1.807) is 12.1 Å². The highest BCUT2D eigenvalue weighted by Crippen LogP contribution is 2.37. The molecule has 3 fully saturated rings. The third-order valence-electron chi connectivity index (χ3n) is 7.96. The fraction of sp³-hybridized carbons (Fsp3) is 0.444. The Hall–Kier alpha value is -3.11. The molecule has 3 aliphatic rings. The van der Waals surface area contributed by atoms with Gasteiger partial charge in [-0.1, -0.05) is 12.5 Å². The van der Waals surface area contributed by atoms with Gasteiger partial charge in [0.2, 0.25) is 0 Å². The molecule has 4 N–H and O–H groups in total. The second kappa shape index (κ2) is 9.64. The van der Waals surface area contributed by atoms with Gasteiger partial charge < -0.3 is 21.3 Å². The van der Waals surface area contributed by atoms with Gasteiger partial charge in [-0.25, -0.2) is 17.5 Å². The van der Waals surface area contributed by atoms with Crippen LogP contribution < -0.4 is 21.3 Å². The van der Waals surface area contributed by atoms with E-state index >= 15 is 0 Å². The van der Waals surface area contributed by atoms with Gasteiger partial charge in [-0.15, -0.1) is 5.10 Å². The van der Waals surface area contributed by atoms with Crippen LogP contribution in [0.25, 0.3) is 16.9 Å². The van der Waals surface area contributed by atoms with E-state index in [2.05, 4.69) is 15.5 Å². The van der Waals surface area contributed by atoms with Gasteiger partial charge in [-0.05, 0) is 74.7 Å². The molecule has 0 aliphatic carbocycles. The van der Waals surface area contributed by atoms with Crippen LogP contribution in [0.3, 0.4) is 0 Å². The van der Waals surface area contributed by atoms with Crippen molar-refractivity contribution < 1.29 is 12.8 Å². The maximum atomic E-state index is 14.4. The largest absolute Gasteiger partial charge is 0.396 e. The van der Waals surface area contributed by atoms with E-state index in [9.17, 15) is 12.8 Å². The number of sulfone groups is 1. The minimum atomic E-state index is -2.94. The Balaban J connectivity index is 1.27. The number of nitrogens with one attached hydrogen (secondary N) is 2. The van der Waals surface area contributed by atoms with E-state index < -0.39 is 15.7 Å². The summed E-state index contributed by atoms with van der Waals surface area (Å²) in [5, 5.41) is 11.6. The van der Waals surface area contributed by atoms with Gasteiger partial charge in [0.15, 0.2) is 9.84 Å². The van der Waals surface area contributed by atoms with Crippen molar-refractivity contribution in [2.75, 3.05) is 47.9 Å². The molecular weight excluding hydrogens is 491 g/mol. The lowest BCUT2D eigenvalue weighted by molar-refractivity contribution is 0.502. The summed E-state index contributed by atoms with van der Waals surface area (Å²) in [5.41, 5.74) is 9.15. The van der Waals surface area contributed by atoms with Gasteiger partial charge >= 0.3 is 0 Å². The van der Waals surface area contributed by atoms with Gasteiger partial charge in [0.1, 0.15) is 11.6 Å². The molecule has 0 saturated carbocycles. The Kier molecular flexibility index (Phi) is 6.32. The van der Waals surface area contributed by atoms with Crippen molar-refractivity contribution in [3.63, 3.8) is 0 Å². The van der Waals surface area contributed by atoms with Gasteiger partial charge in [-0.3, -0.25) is 0 Å². The normalized spacial score (nSPS) is 24.8. The lowest BCUT2D eigenvalue weighted by Gasteiger charge is -2.29. The number of hydrogen-bond acceptors (Lipinski definition) is 7. The molecule has 3 aliphatic heterocycles. The van der Waals surface area contributed by atoms with Crippen molar-refractivity contribution in [1.82, 2.24) is 15.1 Å². The van der Waals surface area contributed by atoms with Crippen LogP contribution >= 0.6 is 0 Å². The lowest BCUT2D eigenvalue weighted by Crippen LogP contribution is -2.40. The van der Waals surface area contributed by atoms with Gasteiger partial charge in [-0.2, -0.15) is 0 Å². The van der Waals surface area contributed by atoms with E-state index in [4.69, 9.17) is 10.8 Å². The number of aromatic nitrogens is 2. The highest BCUT2D eigenvalue weighted by molar-refractivity contribution is 7.92. The predicted octanol–water partition coefficient (Wildman–Crippen LogP) is 3.44. The maximum absolute atomic E-state index is 14.4. The number of nitrogen functional groups attached to an aromatic ring is 1. The summed E-state index contributed by atoms with van der Waals surface area (Å²) >= 11 is 0. The minimum absolute atomic E-state index is 0.0492. The van der Waals surface area contributed by atoms with Crippen molar-refractivity contribution >= 4 is 27.0 Å². The van der Waals surface area contributed by atoms with E-state index in [1.165, 1.54) is 25.3 Å². The number of nitrogens with zero attached hydrogens (tertiary/aromatic N) is 3. The fourth-order valence-corrected chi connectivity index (χ4v) is 7.90. The Morgan fingerprint density at radius 2 is 1.92 bits per heavy atom. The van der Waals surface area contributed by atoms with E-state index in [0.717, 1.165) is 42.5 Å². The molecule has 2 aromatic carbocycles. The average molecular weight is 525 g/mol. The summed E-state index contributed by atoms with van der Waals surface area (Å²) in [6.07, 6.45) is 4.32. The second-order valence-corrected chi connectivity index (χ2v) is 12.8. The third kappa shape index (κ3) is 4.80. The summed E-state index contributed by atoms with van der Waals surface area (Å²) < 4.78 is 40.5. The number of halogens is 1. The first kappa shape index (κ1) is 24.2. The first-order valence-corrected chi connectivity index (χ1v) is 14.8. The molecule has 2 bridgehead atoms. The van der Waals surface area contributed by atoms with Crippen molar-refractivity contribution in [2.45, 2.75) is 37.0 Å². The Morgan fingerprint density at radius 3 is 2.65 bits per heavy atom. The number of fused-ring (bicyclic) bond motifs is 2. The van der Waals surface area contributed by atoms with Crippen molar-refractivity contribution in [1.29, 1.82) is 0 Å². The molecule has 6 rings (SSSR count). The number of benzene rings is 2. The van der Waals surface area contributed by atoms with Crippen LogP contribution in [0.2, 0.25) is 0 Å². The predicted molar refractivity (Wildman–Crippen MR) is 145 cm³/mol. The van der Waals surface area contributed by atoms with Crippen molar-refractivity contribution in [3.05, 3.63) is 54.3 Å². The molecule has 3 aromatic rings. The first-order valence-electron chi connectivity index (χ1n) is 13.1. The van der Waals surface area contributed by atoms with Crippen molar-refractivity contribution in [2.24, 2.45) is 5.92 Å². The molecule has 0 amide bonds. The zero-order valence-electron chi connectivity index (χ0n) is 20.7. The molecule has 1 aromatic heterocycles. The summed E-state index contributed by atoms with van der Waals surface area (Å²) in [7, 11) is -2.94. The SMILES string of the molecule is Nc1ccc(-c2cc(NC[C@H]3CCCCNC3)nn2-c2ccc(N3CC4CC3CS4(=O)=O)cc2)cc1F. The molecule has 8 nitrogen and oxygen atoms in total. The van der Waals surface area contributed by atoms with E-state index in [-0.39, 0.29) is 22.7 Å². The van der Waals surface area contributed by atoms with Crippen LogP contribution in [0.1, 0.15) is 25.7 Å². The molecule has 3 atom stereocenters. The Labute approximate surface area is 217 Å². The summed E-state index contributed by atoms with van der Waals surface area (Å²) in [6.45, 7) is 3.43. The van der Waals surface area contributed by atoms with Crippen LogP contribution in [-0.2, 0) is 9.84 Å². The number of nitrogens with two attached hydrogens (primary N) is 1. The molecular formula is C27H33FN6O2S. The number of hydrogen-bond donors (Lipinski definition) is 3. The van der Waals surface area contributed by atoms with Gasteiger partial charge in [0.25, 0.3) is 0 Å². The summed E-state index contributed by atoms with van der Waals surface area (Å²) in [4.78, 5) is 2.20. The molecule has 196 valence electrons. The molecule has 4 heterocycles. The molecule has 10 heteroatoms. The fourth-order valence-electron chi connectivity index (χ4n) is 5.87. The molecule has 3 saturated heterocycles. The molecule has 0 spiro atoms. The topological polar surface area (TPSA) is 105 Å². The average Bonchev–Trinajstić information content (AvgIpc) is 3.51. The monoisotopic (exact) mass is 524 g/mol. The molecule has 0 radical (unpaired) electrons. The standard InChI is InChI=1S/C27H33FN6O2S/c28-24-11-19(4-9-25(24)29)26-13-27(31-15-18-3-1-2-10-30-14-18)32-34(26)21-7-5-20(6-8-21)33-16-23-12-22(33)17-37(23,35)36/h4-9,11,13,18,22-23,30H,1-3,10,12,14-17,29H2,(H,31,32)/t18-,22?,23?/m0/s1. The quantitative estimate of drug-likeness (QED) is 0.424. The molecule has 37 heavy (non-hydrogen) atoms. The third-order valence-corrected chi connectivity index (χ3v) is 10.2. The molecule has 2 unspecified atom stereocenters. The first-order chi connectivity index (χ1) is 17.9. The Bertz CT molecular complexity index is 1380. The van der Waals surface area contributed by atoms with Crippen LogP contribution in [0.4, 0.5) is 21.6 Å². The van der Waals surface area contributed by atoms with Gasteiger partial charge in [0.05, 0.1) is 28.1 Å². The summed E-state index contributed by atoms with van der Waals surface area (Å²) in [5.74, 6) is 1.04. The number of rotatable bonds is 6. The van der Waals surface area contributed by atoms with Crippen LogP contribution in [0.15, 0.2) is 48.5 Å². The van der Waals surface area contributed by atoms with E-state index in [0.29, 0.717) is 24.4 Å². The minimum Gasteiger partial charge on any atom is -0.396 e. The second-order valence-electron chi connectivity index (χ2n) is 10.5. The Morgan fingerprint density at radius 1 is 1.11 bits per heavy atom. The van der Waals surface area contributed by atoms with E-state index in [1.807, 2.05) is 35.0 Å². The maximum Gasteiger partial charge on any atom is 0.156 e. The highest BCUT2D eigenvalue weighted by atomic mass is 32.2. The highest BCUT2D eigenvalue weighted by Gasteiger charge is 2.48. The zero-order chi connectivity index (χ0) is 25.6. The van der Waals surface area contributed by atoms with Crippen LogP contribution in [0.5, 0.6) is 0 Å². The number of anilines is 3. The van der Waals surface area contributed by atoms with Crippen LogP contribution in [-0.4, -0.2) is 61.4 Å². The van der Waals surface area contributed by atoms with Crippen LogP contribution in [0, 0.1) is 11.7 Å². The van der Waals surface area contributed by atoms with Crippen molar-refractivity contribution in [3.8, 4) is 16.9 Å². The van der Waals surface area contributed by atoms with Gasteiger partial charge in [0, 0.05) is 36.4 Å². The smallest absolute Gasteiger partial charge is 0.156 e.